The van der Waals surface area contributed by atoms with Crippen LogP contribution in [0.25, 0.3) is 0 Å². The van der Waals surface area contributed by atoms with Crippen molar-refractivity contribution in [2.24, 2.45) is 5.92 Å². The van der Waals surface area contributed by atoms with Gasteiger partial charge in [-0.25, -0.2) is 0 Å². The van der Waals surface area contributed by atoms with E-state index in [9.17, 15) is 9.90 Å². The fourth-order valence-corrected chi connectivity index (χ4v) is 1.57. The van der Waals surface area contributed by atoms with Crippen molar-refractivity contribution in [1.29, 1.82) is 0 Å². The van der Waals surface area contributed by atoms with Crippen LogP contribution in [-0.4, -0.2) is 16.5 Å². The minimum absolute atomic E-state index is 0.00472. The summed E-state index contributed by atoms with van der Waals surface area (Å²) in [7, 11) is 0. The Bertz CT molecular complexity index is 159. The summed E-state index contributed by atoms with van der Waals surface area (Å²) in [6.07, 6.45) is 2.63. The van der Waals surface area contributed by atoms with Crippen molar-refractivity contribution < 1.29 is 9.90 Å². The SMILES string of the molecule is CCC(=O)C(C)CC(O)(CC)CC. The Morgan fingerprint density at radius 2 is 1.77 bits per heavy atom. The number of carbonyl (C=O) groups is 1. The van der Waals surface area contributed by atoms with Crippen LogP contribution in [0, 0.1) is 5.92 Å². The maximum absolute atomic E-state index is 11.3. The second-order valence-electron chi connectivity index (χ2n) is 3.86. The van der Waals surface area contributed by atoms with E-state index in [1.54, 1.807) is 0 Å². The predicted molar refractivity (Wildman–Crippen MR) is 54.6 cm³/mol. The van der Waals surface area contributed by atoms with Gasteiger partial charge in [0, 0.05) is 12.3 Å². The van der Waals surface area contributed by atoms with Gasteiger partial charge in [-0.05, 0) is 19.3 Å². The lowest BCUT2D eigenvalue weighted by Crippen LogP contribution is -2.31. The van der Waals surface area contributed by atoms with Crippen LogP contribution in [-0.2, 0) is 4.79 Å². The van der Waals surface area contributed by atoms with E-state index in [4.69, 9.17) is 0 Å². The second-order valence-corrected chi connectivity index (χ2v) is 3.86. The molecular formula is C11H22O2. The first kappa shape index (κ1) is 12.6. The van der Waals surface area contributed by atoms with Crippen molar-refractivity contribution in [2.75, 3.05) is 0 Å². The molecule has 0 aromatic heterocycles. The van der Waals surface area contributed by atoms with Crippen molar-refractivity contribution in [3.63, 3.8) is 0 Å². The van der Waals surface area contributed by atoms with E-state index in [1.807, 2.05) is 27.7 Å². The predicted octanol–water partition coefficient (Wildman–Crippen LogP) is 2.54. The topological polar surface area (TPSA) is 37.3 Å². The van der Waals surface area contributed by atoms with Crippen LogP contribution >= 0.6 is 0 Å². The highest BCUT2D eigenvalue weighted by Crippen LogP contribution is 2.24. The highest BCUT2D eigenvalue weighted by Gasteiger charge is 2.27. The highest BCUT2D eigenvalue weighted by molar-refractivity contribution is 5.80. The van der Waals surface area contributed by atoms with Crippen LogP contribution in [0.4, 0.5) is 0 Å². The average Bonchev–Trinajstić information content (AvgIpc) is 2.16. The van der Waals surface area contributed by atoms with Gasteiger partial charge in [0.1, 0.15) is 5.78 Å². The minimum atomic E-state index is -0.635. The molecule has 0 heterocycles. The third-order valence-corrected chi connectivity index (χ3v) is 2.90. The molecule has 0 aromatic rings. The molecule has 0 saturated heterocycles. The fourth-order valence-electron chi connectivity index (χ4n) is 1.57. The third kappa shape index (κ3) is 3.90. The van der Waals surface area contributed by atoms with Crippen molar-refractivity contribution in [3.8, 4) is 0 Å². The molecule has 0 bridgehead atoms. The summed E-state index contributed by atoms with van der Waals surface area (Å²) >= 11 is 0. The van der Waals surface area contributed by atoms with Crippen LogP contribution in [0.15, 0.2) is 0 Å². The number of carbonyl (C=O) groups excluding carboxylic acids is 1. The van der Waals surface area contributed by atoms with E-state index < -0.39 is 5.60 Å². The van der Waals surface area contributed by atoms with E-state index >= 15 is 0 Å². The summed E-state index contributed by atoms with van der Waals surface area (Å²) in [6.45, 7) is 7.71. The lowest BCUT2D eigenvalue weighted by Gasteiger charge is -2.27. The largest absolute Gasteiger partial charge is 0.390 e. The van der Waals surface area contributed by atoms with Crippen LogP contribution in [0.2, 0.25) is 0 Å². The van der Waals surface area contributed by atoms with Gasteiger partial charge in [0.25, 0.3) is 0 Å². The van der Waals surface area contributed by atoms with Gasteiger partial charge in [-0.3, -0.25) is 4.79 Å². The Balaban J connectivity index is 4.16. The van der Waals surface area contributed by atoms with E-state index in [1.165, 1.54) is 0 Å². The lowest BCUT2D eigenvalue weighted by molar-refractivity contribution is -0.124. The number of aliphatic hydroxyl groups is 1. The molecule has 0 saturated carbocycles. The molecule has 13 heavy (non-hydrogen) atoms. The molecule has 0 spiro atoms. The first-order valence-electron chi connectivity index (χ1n) is 5.24. The number of hydrogen-bond acceptors (Lipinski definition) is 2. The Morgan fingerprint density at radius 1 is 1.31 bits per heavy atom. The Morgan fingerprint density at radius 3 is 2.08 bits per heavy atom. The molecule has 0 rings (SSSR count). The summed E-state index contributed by atoms with van der Waals surface area (Å²) < 4.78 is 0. The maximum atomic E-state index is 11.3. The molecular weight excluding hydrogens is 164 g/mol. The smallest absolute Gasteiger partial charge is 0.135 e. The normalized spacial score (nSPS) is 14.2. The summed E-state index contributed by atoms with van der Waals surface area (Å²) in [5, 5.41) is 9.99. The molecule has 1 unspecified atom stereocenters. The zero-order valence-electron chi connectivity index (χ0n) is 9.26. The van der Waals surface area contributed by atoms with Gasteiger partial charge in [0.05, 0.1) is 5.60 Å². The summed E-state index contributed by atoms with van der Waals surface area (Å²) in [6, 6.07) is 0. The van der Waals surface area contributed by atoms with Gasteiger partial charge < -0.3 is 5.11 Å². The van der Waals surface area contributed by atoms with Crippen LogP contribution < -0.4 is 0 Å². The molecule has 0 aliphatic carbocycles. The molecule has 1 atom stereocenters. The molecule has 0 aromatic carbocycles. The Kier molecular flexibility index (Phi) is 5.23. The van der Waals surface area contributed by atoms with E-state index in [0.717, 1.165) is 12.8 Å². The van der Waals surface area contributed by atoms with E-state index in [0.29, 0.717) is 12.8 Å². The fraction of sp³-hybridized carbons (Fsp3) is 0.909. The standard InChI is InChI=1S/C11H22O2/c1-5-10(12)9(4)8-11(13,6-2)7-3/h9,13H,5-8H2,1-4H3. The van der Waals surface area contributed by atoms with Gasteiger partial charge in [-0.1, -0.05) is 27.7 Å². The van der Waals surface area contributed by atoms with Crippen molar-refractivity contribution in [3.05, 3.63) is 0 Å². The third-order valence-electron chi connectivity index (χ3n) is 2.90. The van der Waals surface area contributed by atoms with Gasteiger partial charge >= 0.3 is 0 Å². The quantitative estimate of drug-likeness (QED) is 0.692. The first-order chi connectivity index (χ1) is 5.99. The van der Waals surface area contributed by atoms with Crippen molar-refractivity contribution in [2.45, 2.75) is 59.0 Å². The molecule has 0 aliphatic rings. The van der Waals surface area contributed by atoms with Gasteiger partial charge in [-0.15, -0.1) is 0 Å². The molecule has 2 nitrogen and oxygen atoms in total. The molecule has 2 heteroatoms. The monoisotopic (exact) mass is 186 g/mol. The Hall–Kier alpha value is -0.370. The van der Waals surface area contributed by atoms with Crippen LogP contribution in [0.1, 0.15) is 53.4 Å². The summed E-state index contributed by atoms with van der Waals surface area (Å²) in [5.74, 6) is 0.246. The van der Waals surface area contributed by atoms with Crippen molar-refractivity contribution >= 4 is 5.78 Å². The number of rotatable bonds is 6. The van der Waals surface area contributed by atoms with Gasteiger partial charge in [0.2, 0.25) is 0 Å². The zero-order chi connectivity index (χ0) is 10.5. The molecule has 0 aliphatic heterocycles. The van der Waals surface area contributed by atoms with Crippen LogP contribution in [0.5, 0.6) is 0 Å². The van der Waals surface area contributed by atoms with Gasteiger partial charge in [-0.2, -0.15) is 0 Å². The molecule has 1 N–H and O–H groups in total. The molecule has 0 amide bonds. The molecule has 0 radical (unpaired) electrons. The lowest BCUT2D eigenvalue weighted by atomic mass is 9.85. The summed E-state index contributed by atoms with van der Waals surface area (Å²) in [4.78, 5) is 11.3. The van der Waals surface area contributed by atoms with Crippen molar-refractivity contribution in [1.82, 2.24) is 0 Å². The van der Waals surface area contributed by atoms with E-state index in [-0.39, 0.29) is 11.7 Å². The second kappa shape index (κ2) is 5.38. The van der Waals surface area contributed by atoms with Crippen LogP contribution in [0.3, 0.4) is 0 Å². The average molecular weight is 186 g/mol. The zero-order valence-corrected chi connectivity index (χ0v) is 9.26. The highest BCUT2D eigenvalue weighted by atomic mass is 16.3. The Labute approximate surface area is 81.3 Å². The van der Waals surface area contributed by atoms with E-state index in [2.05, 4.69) is 0 Å². The first-order valence-corrected chi connectivity index (χ1v) is 5.24. The maximum Gasteiger partial charge on any atom is 0.135 e. The molecule has 0 fully saturated rings. The molecule has 78 valence electrons. The summed E-state index contributed by atoms with van der Waals surface area (Å²) in [5.41, 5.74) is -0.635. The van der Waals surface area contributed by atoms with Gasteiger partial charge in [0.15, 0.2) is 0 Å². The number of hydrogen-bond donors (Lipinski definition) is 1. The number of Topliss-reactive ketones (excluding diaryl/α,β-unsaturated/α-hetero) is 1. The minimum Gasteiger partial charge on any atom is -0.390 e. The number of ketones is 1.